The van der Waals surface area contributed by atoms with Crippen molar-refractivity contribution in [2.75, 3.05) is 18.5 Å². The molecule has 5 nitrogen and oxygen atoms in total. The molecule has 1 heterocycles. The SMILES string of the molecule is O=C(Nc1ccc2c(c1)COC2)N(CCCCO)C1CC1. The molecule has 1 aliphatic carbocycles. The third-order valence-corrected chi connectivity index (χ3v) is 4.03. The standard InChI is InChI=1S/C16H22N2O3/c19-8-2-1-7-18(15-5-6-15)16(20)17-14-4-3-12-10-21-11-13(12)9-14/h3-4,9,15,19H,1-2,5-8,10-11H2,(H,17,20). The molecule has 0 radical (unpaired) electrons. The molecular weight excluding hydrogens is 268 g/mol. The molecule has 0 aromatic heterocycles. The van der Waals surface area contributed by atoms with Crippen LogP contribution in [0.2, 0.25) is 0 Å². The monoisotopic (exact) mass is 290 g/mol. The summed E-state index contributed by atoms with van der Waals surface area (Å²) in [5.41, 5.74) is 3.19. The van der Waals surface area contributed by atoms with E-state index in [1.165, 1.54) is 5.56 Å². The van der Waals surface area contributed by atoms with Gasteiger partial charge in [0.25, 0.3) is 0 Å². The van der Waals surface area contributed by atoms with Gasteiger partial charge in [0.1, 0.15) is 0 Å². The van der Waals surface area contributed by atoms with E-state index in [9.17, 15) is 4.79 Å². The molecule has 1 aromatic carbocycles. The fraction of sp³-hybridized carbons (Fsp3) is 0.562. The van der Waals surface area contributed by atoms with Crippen molar-refractivity contribution in [3.8, 4) is 0 Å². The van der Waals surface area contributed by atoms with Crippen LogP contribution in [0.4, 0.5) is 10.5 Å². The molecular formula is C16H22N2O3. The van der Waals surface area contributed by atoms with Crippen LogP contribution in [0.5, 0.6) is 0 Å². The van der Waals surface area contributed by atoms with Gasteiger partial charge in [0.2, 0.25) is 0 Å². The summed E-state index contributed by atoms with van der Waals surface area (Å²) in [7, 11) is 0. The molecule has 114 valence electrons. The Morgan fingerprint density at radius 2 is 2.10 bits per heavy atom. The van der Waals surface area contributed by atoms with Gasteiger partial charge >= 0.3 is 6.03 Å². The molecule has 5 heteroatoms. The van der Waals surface area contributed by atoms with E-state index in [1.807, 2.05) is 23.1 Å². The Hall–Kier alpha value is -1.59. The van der Waals surface area contributed by atoms with E-state index in [1.54, 1.807) is 0 Å². The second-order valence-electron chi connectivity index (χ2n) is 5.76. The summed E-state index contributed by atoms with van der Waals surface area (Å²) in [6.07, 6.45) is 3.76. The number of benzene rings is 1. The van der Waals surface area contributed by atoms with Crippen LogP contribution in [0.15, 0.2) is 18.2 Å². The summed E-state index contributed by atoms with van der Waals surface area (Å²) in [5, 5.41) is 11.9. The zero-order valence-corrected chi connectivity index (χ0v) is 12.2. The summed E-state index contributed by atoms with van der Waals surface area (Å²) in [4.78, 5) is 14.3. The number of nitrogens with one attached hydrogen (secondary N) is 1. The number of aliphatic hydroxyl groups excluding tert-OH is 1. The average molecular weight is 290 g/mol. The molecule has 2 aliphatic rings. The molecule has 2 N–H and O–H groups in total. The highest BCUT2D eigenvalue weighted by Gasteiger charge is 2.32. The predicted molar refractivity (Wildman–Crippen MR) is 80.0 cm³/mol. The average Bonchev–Trinajstić information content (AvgIpc) is 3.20. The minimum Gasteiger partial charge on any atom is -0.396 e. The number of anilines is 1. The van der Waals surface area contributed by atoms with Crippen LogP contribution in [0.1, 0.15) is 36.8 Å². The van der Waals surface area contributed by atoms with Crippen molar-refractivity contribution < 1.29 is 14.6 Å². The van der Waals surface area contributed by atoms with Gasteiger partial charge in [0.15, 0.2) is 0 Å². The molecule has 1 aliphatic heterocycles. The lowest BCUT2D eigenvalue weighted by Gasteiger charge is -2.23. The van der Waals surface area contributed by atoms with Gasteiger partial charge in [0.05, 0.1) is 13.2 Å². The van der Waals surface area contributed by atoms with Crippen molar-refractivity contribution in [1.82, 2.24) is 4.90 Å². The van der Waals surface area contributed by atoms with Gasteiger partial charge in [0, 0.05) is 24.9 Å². The van der Waals surface area contributed by atoms with Gasteiger partial charge in [-0.2, -0.15) is 0 Å². The molecule has 0 atom stereocenters. The topological polar surface area (TPSA) is 61.8 Å². The summed E-state index contributed by atoms with van der Waals surface area (Å²) in [5.74, 6) is 0. The molecule has 1 fully saturated rings. The number of nitrogens with zero attached hydrogens (tertiary/aromatic N) is 1. The van der Waals surface area contributed by atoms with Crippen molar-refractivity contribution >= 4 is 11.7 Å². The summed E-state index contributed by atoms with van der Waals surface area (Å²) < 4.78 is 5.39. The van der Waals surface area contributed by atoms with Gasteiger partial charge in [-0.1, -0.05) is 6.07 Å². The Labute approximate surface area is 124 Å². The number of amides is 2. The minimum absolute atomic E-state index is 0.0331. The normalized spacial score (nSPS) is 16.6. The highest BCUT2D eigenvalue weighted by atomic mass is 16.5. The first-order valence-corrected chi connectivity index (χ1v) is 7.66. The van der Waals surface area contributed by atoms with Gasteiger partial charge in [-0.15, -0.1) is 0 Å². The minimum atomic E-state index is -0.0331. The number of rotatable bonds is 6. The van der Waals surface area contributed by atoms with E-state index in [0.29, 0.717) is 25.8 Å². The van der Waals surface area contributed by atoms with E-state index in [2.05, 4.69) is 5.32 Å². The largest absolute Gasteiger partial charge is 0.396 e. The number of hydrogen-bond acceptors (Lipinski definition) is 3. The number of aliphatic hydroxyl groups is 1. The van der Waals surface area contributed by atoms with E-state index in [4.69, 9.17) is 9.84 Å². The molecule has 0 saturated heterocycles. The summed E-state index contributed by atoms with van der Waals surface area (Å²) >= 11 is 0. The number of unbranched alkanes of at least 4 members (excludes halogenated alkanes) is 1. The van der Waals surface area contributed by atoms with E-state index in [0.717, 1.165) is 36.9 Å². The van der Waals surface area contributed by atoms with Gasteiger partial charge in [-0.25, -0.2) is 4.79 Å². The van der Waals surface area contributed by atoms with Crippen LogP contribution in [0.25, 0.3) is 0 Å². The van der Waals surface area contributed by atoms with E-state index < -0.39 is 0 Å². The fourth-order valence-corrected chi connectivity index (χ4v) is 2.68. The third kappa shape index (κ3) is 3.54. The van der Waals surface area contributed by atoms with Crippen LogP contribution in [0, 0.1) is 0 Å². The van der Waals surface area contributed by atoms with Gasteiger partial charge in [-0.05, 0) is 48.9 Å². The Bertz CT molecular complexity index is 514. The Morgan fingerprint density at radius 3 is 2.86 bits per heavy atom. The summed E-state index contributed by atoms with van der Waals surface area (Å²) in [6.45, 7) is 2.19. The first-order valence-electron chi connectivity index (χ1n) is 7.66. The highest BCUT2D eigenvalue weighted by molar-refractivity contribution is 5.89. The number of urea groups is 1. The maximum Gasteiger partial charge on any atom is 0.322 e. The molecule has 0 bridgehead atoms. The molecule has 1 saturated carbocycles. The Kier molecular flexibility index (Phi) is 4.41. The molecule has 2 amide bonds. The lowest BCUT2D eigenvalue weighted by molar-refractivity contribution is 0.134. The number of hydrogen-bond donors (Lipinski definition) is 2. The van der Waals surface area contributed by atoms with Crippen LogP contribution >= 0.6 is 0 Å². The zero-order chi connectivity index (χ0) is 14.7. The van der Waals surface area contributed by atoms with Crippen molar-refractivity contribution in [2.24, 2.45) is 0 Å². The molecule has 3 rings (SSSR count). The van der Waals surface area contributed by atoms with E-state index in [-0.39, 0.29) is 12.6 Å². The maximum atomic E-state index is 12.4. The van der Waals surface area contributed by atoms with Crippen molar-refractivity contribution in [3.63, 3.8) is 0 Å². The molecule has 21 heavy (non-hydrogen) atoms. The predicted octanol–water partition coefficient (Wildman–Crippen LogP) is 2.49. The quantitative estimate of drug-likeness (QED) is 0.791. The van der Waals surface area contributed by atoms with Gasteiger partial charge < -0.3 is 20.1 Å². The van der Waals surface area contributed by atoms with Crippen molar-refractivity contribution in [1.29, 1.82) is 0 Å². The highest BCUT2D eigenvalue weighted by Crippen LogP contribution is 2.28. The molecule has 1 aromatic rings. The lowest BCUT2D eigenvalue weighted by Crippen LogP contribution is -2.37. The number of ether oxygens (including phenoxy) is 1. The smallest absolute Gasteiger partial charge is 0.322 e. The summed E-state index contributed by atoms with van der Waals surface area (Å²) in [6, 6.07) is 6.30. The molecule has 0 spiro atoms. The van der Waals surface area contributed by atoms with Crippen molar-refractivity contribution in [2.45, 2.75) is 44.9 Å². The Morgan fingerprint density at radius 1 is 1.29 bits per heavy atom. The number of carbonyl (C=O) groups excluding carboxylic acids is 1. The van der Waals surface area contributed by atoms with Crippen LogP contribution < -0.4 is 5.32 Å². The van der Waals surface area contributed by atoms with Crippen LogP contribution in [-0.2, 0) is 18.0 Å². The number of fused-ring (bicyclic) bond motifs is 1. The zero-order valence-electron chi connectivity index (χ0n) is 12.2. The molecule has 0 unspecified atom stereocenters. The fourth-order valence-electron chi connectivity index (χ4n) is 2.68. The first-order chi connectivity index (χ1) is 10.3. The van der Waals surface area contributed by atoms with E-state index >= 15 is 0 Å². The first kappa shape index (κ1) is 14.4. The lowest BCUT2D eigenvalue weighted by atomic mass is 10.1. The second kappa shape index (κ2) is 6.45. The van der Waals surface area contributed by atoms with Gasteiger partial charge in [-0.3, -0.25) is 0 Å². The second-order valence-corrected chi connectivity index (χ2v) is 5.76. The van der Waals surface area contributed by atoms with Crippen LogP contribution in [-0.4, -0.2) is 35.2 Å². The van der Waals surface area contributed by atoms with Crippen LogP contribution in [0.3, 0.4) is 0 Å². The number of carbonyl (C=O) groups is 1. The maximum absolute atomic E-state index is 12.4. The third-order valence-electron chi connectivity index (χ3n) is 4.03. The van der Waals surface area contributed by atoms with Crippen molar-refractivity contribution in [3.05, 3.63) is 29.3 Å². The Balaban J connectivity index is 1.61.